The van der Waals surface area contributed by atoms with Gasteiger partial charge >= 0.3 is 6.18 Å². The van der Waals surface area contributed by atoms with Crippen molar-refractivity contribution in [2.45, 2.75) is 13.1 Å². The van der Waals surface area contributed by atoms with Crippen molar-refractivity contribution in [3.05, 3.63) is 66.1 Å². The summed E-state index contributed by atoms with van der Waals surface area (Å²) in [6.45, 7) is 2.38. The third kappa shape index (κ3) is 4.87. The molecule has 0 unspecified atom stereocenters. The zero-order valence-electron chi connectivity index (χ0n) is 14.7. The first kappa shape index (κ1) is 19.4. The average molecular weight is 392 g/mol. The molecule has 9 heteroatoms. The van der Waals surface area contributed by atoms with Crippen molar-refractivity contribution in [2.75, 3.05) is 17.2 Å². The Morgan fingerprint density at radius 3 is 2.14 bits per heavy atom. The van der Waals surface area contributed by atoms with Crippen molar-refractivity contribution in [3.8, 4) is 5.75 Å². The summed E-state index contributed by atoms with van der Waals surface area (Å²) in [6.07, 6.45) is -3.96. The second-order valence-corrected chi connectivity index (χ2v) is 5.67. The lowest BCUT2D eigenvalue weighted by molar-refractivity contribution is -0.137. The van der Waals surface area contributed by atoms with E-state index >= 15 is 0 Å². The highest BCUT2D eigenvalue weighted by atomic mass is 19.4. The minimum Gasteiger partial charge on any atom is -0.494 e. The predicted octanol–water partition coefficient (Wildman–Crippen LogP) is 5.52. The summed E-state index contributed by atoms with van der Waals surface area (Å²) in [5, 5.41) is 5.40. The predicted molar refractivity (Wildman–Crippen MR) is 97.6 cm³/mol. The van der Waals surface area contributed by atoms with Gasteiger partial charge in [-0.1, -0.05) is 0 Å². The summed E-state index contributed by atoms with van der Waals surface area (Å²) in [6, 6.07) is 11.7. The smallest absolute Gasteiger partial charge is 0.421 e. The number of nitrogens with zero attached hydrogens (tertiary/aromatic N) is 2. The number of rotatable bonds is 6. The Balaban J connectivity index is 1.87. The topological polar surface area (TPSA) is 59.1 Å². The number of nitrogens with one attached hydrogen (secondary N) is 2. The molecule has 28 heavy (non-hydrogen) atoms. The zero-order chi connectivity index (χ0) is 20.1. The fourth-order valence-corrected chi connectivity index (χ4v) is 2.34. The highest BCUT2D eigenvalue weighted by Crippen LogP contribution is 2.35. The van der Waals surface area contributed by atoms with Gasteiger partial charge in [0.1, 0.15) is 22.9 Å². The van der Waals surface area contributed by atoms with Crippen LogP contribution in [0.15, 0.2) is 54.7 Å². The van der Waals surface area contributed by atoms with Crippen LogP contribution in [-0.4, -0.2) is 16.6 Å². The highest BCUT2D eigenvalue weighted by Gasteiger charge is 2.35. The SMILES string of the molecule is CCOc1ccc(Nc2ncc(C(F)(F)F)c(Nc3ccc(F)cc3)n2)cc1. The molecule has 0 spiro atoms. The molecular formula is C19H16F4N4O. The van der Waals surface area contributed by atoms with E-state index in [1.165, 1.54) is 12.1 Å². The van der Waals surface area contributed by atoms with Crippen molar-refractivity contribution >= 4 is 23.1 Å². The third-order valence-corrected chi connectivity index (χ3v) is 3.62. The highest BCUT2D eigenvalue weighted by molar-refractivity contribution is 5.63. The molecule has 0 aliphatic heterocycles. The van der Waals surface area contributed by atoms with Gasteiger partial charge in [-0.3, -0.25) is 0 Å². The van der Waals surface area contributed by atoms with Gasteiger partial charge in [0, 0.05) is 17.6 Å². The number of ether oxygens (including phenoxy) is 1. The van der Waals surface area contributed by atoms with Gasteiger partial charge in [0.2, 0.25) is 5.95 Å². The molecule has 0 aliphatic carbocycles. The average Bonchev–Trinajstić information content (AvgIpc) is 2.65. The van der Waals surface area contributed by atoms with Crippen LogP contribution < -0.4 is 15.4 Å². The molecule has 0 saturated carbocycles. The number of benzene rings is 2. The monoisotopic (exact) mass is 392 g/mol. The Bertz CT molecular complexity index is 928. The molecule has 0 bridgehead atoms. The van der Waals surface area contributed by atoms with Gasteiger partial charge in [-0.2, -0.15) is 18.2 Å². The van der Waals surface area contributed by atoms with Gasteiger partial charge in [-0.15, -0.1) is 0 Å². The van der Waals surface area contributed by atoms with Gasteiger partial charge in [0.05, 0.1) is 6.61 Å². The normalized spacial score (nSPS) is 11.2. The molecule has 1 heterocycles. The van der Waals surface area contributed by atoms with Crippen LogP contribution >= 0.6 is 0 Å². The minimum absolute atomic E-state index is 0.0261. The fourth-order valence-electron chi connectivity index (χ4n) is 2.34. The maximum Gasteiger partial charge on any atom is 0.421 e. The summed E-state index contributed by atoms with van der Waals surface area (Å²) in [5.74, 6) is -0.300. The maximum atomic E-state index is 13.3. The van der Waals surface area contributed by atoms with E-state index in [0.29, 0.717) is 24.2 Å². The lowest BCUT2D eigenvalue weighted by Gasteiger charge is -2.15. The van der Waals surface area contributed by atoms with Crippen molar-refractivity contribution in [1.29, 1.82) is 0 Å². The standard InChI is InChI=1S/C19H16F4N4O/c1-2-28-15-9-7-14(8-10-15)26-18-24-11-16(19(21,22)23)17(27-18)25-13-5-3-12(20)4-6-13/h3-11H,2H2,1H3,(H2,24,25,26,27). The van der Waals surface area contributed by atoms with E-state index in [1.807, 2.05) is 6.92 Å². The molecule has 2 N–H and O–H groups in total. The van der Waals surface area contributed by atoms with Gasteiger partial charge in [0.25, 0.3) is 0 Å². The second-order valence-electron chi connectivity index (χ2n) is 5.67. The van der Waals surface area contributed by atoms with E-state index in [9.17, 15) is 17.6 Å². The summed E-state index contributed by atoms with van der Waals surface area (Å²) in [5.41, 5.74) is -0.192. The molecule has 0 amide bonds. The molecule has 1 aromatic heterocycles. The number of hydrogen-bond donors (Lipinski definition) is 2. The first-order valence-electron chi connectivity index (χ1n) is 8.32. The summed E-state index contributed by atoms with van der Waals surface area (Å²) < 4.78 is 58.2. The quantitative estimate of drug-likeness (QED) is 0.541. The molecule has 0 saturated heterocycles. The van der Waals surface area contributed by atoms with E-state index in [1.54, 1.807) is 24.3 Å². The number of anilines is 4. The first-order chi connectivity index (χ1) is 13.3. The molecule has 0 aliphatic rings. The van der Waals surface area contributed by atoms with Crippen molar-refractivity contribution in [2.24, 2.45) is 0 Å². The summed E-state index contributed by atoms with van der Waals surface area (Å²) >= 11 is 0. The minimum atomic E-state index is -4.65. The Morgan fingerprint density at radius 2 is 1.54 bits per heavy atom. The Hall–Kier alpha value is -3.36. The number of hydrogen-bond acceptors (Lipinski definition) is 5. The molecule has 0 radical (unpaired) electrons. The van der Waals surface area contributed by atoms with Crippen LogP contribution in [0.1, 0.15) is 12.5 Å². The van der Waals surface area contributed by atoms with E-state index in [4.69, 9.17) is 4.74 Å². The lowest BCUT2D eigenvalue weighted by atomic mass is 10.2. The third-order valence-electron chi connectivity index (χ3n) is 3.62. The van der Waals surface area contributed by atoms with E-state index in [0.717, 1.165) is 12.1 Å². The van der Waals surface area contributed by atoms with Crippen molar-refractivity contribution in [3.63, 3.8) is 0 Å². The molecule has 3 aromatic rings. The Morgan fingerprint density at radius 1 is 0.929 bits per heavy atom. The van der Waals surface area contributed by atoms with Gasteiger partial charge in [-0.05, 0) is 55.5 Å². The maximum absolute atomic E-state index is 13.3. The van der Waals surface area contributed by atoms with Gasteiger partial charge < -0.3 is 15.4 Å². The molecule has 146 valence electrons. The van der Waals surface area contributed by atoms with Gasteiger partial charge in [-0.25, -0.2) is 9.37 Å². The van der Waals surface area contributed by atoms with Crippen LogP contribution in [0.25, 0.3) is 0 Å². The van der Waals surface area contributed by atoms with Crippen LogP contribution in [0.5, 0.6) is 5.75 Å². The van der Waals surface area contributed by atoms with Crippen LogP contribution in [-0.2, 0) is 6.18 Å². The molecule has 2 aromatic carbocycles. The molecule has 0 atom stereocenters. The molecule has 5 nitrogen and oxygen atoms in total. The van der Waals surface area contributed by atoms with Crippen LogP contribution in [0, 0.1) is 5.82 Å². The van der Waals surface area contributed by atoms with Crippen molar-refractivity contribution in [1.82, 2.24) is 9.97 Å². The second kappa shape index (κ2) is 8.12. The van der Waals surface area contributed by atoms with Crippen LogP contribution in [0.3, 0.4) is 0 Å². The van der Waals surface area contributed by atoms with E-state index in [2.05, 4.69) is 20.6 Å². The largest absolute Gasteiger partial charge is 0.494 e. The number of aromatic nitrogens is 2. The van der Waals surface area contributed by atoms with Crippen LogP contribution in [0.2, 0.25) is 0 Å². The number of alkyl halides is 3. The van der Waals surface area contributed by atoms with Crippen molar-refractivity contribution < 1.29 is 22.3 Å². The summed E-state index contributed by atoms with van der Waals surface area (Å²) in [4.78, 5) is 7.67. The molecule has 3 rings (SSSR count). The Kier molecular flexibility index (Phi) is 5.62. The number of halogens is 4. The molecule has 0 fully saturated rings. The lowest BCUT2D eigenvalue weighted by Crippen LogP contribution is -2.12. The van der Waals surface area contributed by atoms with Gasteiger partial charge in [0.15, 0.2) is 0 Å². The zero-order valence-corrected chi connectivity index (χ0v) is 14.7. The molecular weight excluding hydrogens is 376 g/mol. The fraction of sp³-hybridized carbons (Fsp3) is 0.158. The van der Waals surface area contributed by atoms with E-state index in [-0.39, 0.29) is 11.6 Å². The summed E-state index contributed by atoms with van der Waals surface area (Å²) in [7, 11) is 0. The van der Waals surface area contributed by atoms with Crippen LogP contribution in [0.4, 0.5) is 40.7 Å². The van der Waals surface area contributed by atoms with E-state index < -0.39 is 23.4 Å². The first-order valence-corrected chi connectivity index (χ1v) is 8.32. The Labute approximate surface area is 158 Å².